The monoisotopic (exact) mass is 510 g/mol. The van der Waals surface area contributed by atoms with Gasteiger partial charge in [-0.05, 0) is 31.5 Å². The average molecular weight is 512 g/mol. The van der Waals surface area contributed by atoms with Crippen molar-refractivity contribution in [3.63, 3.8) is 0 Å². The van der Waals surface area contributed by atoms with E-state index in [4.69, 9.17) is 21.1 Å². The second kappa shape index (κ2) is 12.5. The van der Waals surface area contributed by atoms with E-state index in [-0.39, 0.29) is 56.0 Å². The van der Waals surface area contributed by atoms with E-state index in [1.54, 1.807) is 17.3 Å². The number of aromatic nitrogens is 2. The first-order valence-corrected chi connectivity index (χ1v) is 9.85. The van der Waals surface area contributed by atoms with Crippen molar-refractivity contribution in [1.82, 2.24) is 20.2 Å². The number of halogens is 4. The van der Waals surface area contributed by atoms with Crippen LogP contribution in [0.5, 0.6) is 5.88 Å². The van der Waals surface area contributed by atoms with Gasteiger partial charge in [0.25, 0.3) is 0 Å². The van der Waals surface area contributed by atoms with E-state index >= 15 is 0 Å². The van der Waals surface area contributed by atoms with Gasteiger partial charge in [-0.3, -0.25) is 4.98 Å². The second-order valence-corrected chi connectivity index (χ2v) is 7.83. The van der Waals surface area contributed by atoms with Gasteiger partial charge in [-0.1, -0.05) is 30.3 Å². The first kappa shape index (κ1) is 27.5. The number of nitrogens with one attached hydrogen (secondary N) is 1. The quantitative estimate of drug-likeness (QED) is 0.612. The predicted molar refractivity (Wildman–Crippen MR) is 126 cm³/mol. The molecular weight excluding hydrogens is 486 g/mol. The molecule has 1 aromatic carbocycles. The smallest absolute Gasteiger partial charge is 0.410 e. The van der Waals surface area contributed by atoms with Crippen molar-refractivity contribution < 1.29 is 14.3 Å². The number of rotatable bonds is 5. The Kier molecular flexibility index (Phi) is 11.1. The standard InChI is InChI=1S/C20H23ClN4O3.3ClH/c21-20(6-8-22-9-7-20)17-18(24-11-10-23-17)28-16-12-25(13-16)19(26)27-14-15-4-2-1-3-5-15;;;/h1-5,10-11,16,22H,6-9,12-14H2;3*1H. The highest BCUT2D eigenvalue weighted by molar-refractivity contribution is 6.24. The fourth-order valence-corrected chi connectivity index (χ4v) is 3.73. The summed E-state index contributed by atoms with van der Waals surface area (Å²) in [6.07, 6.45) is 4.31. The molecule has 0 atom stereocenters. The molecule has 172 valence electrons. The third-order valence-corrected chi connectivity index (χ3v) is 5.63. The summed E-state index contributed by atoms with van der Waals surface area (Å²) in [4.78, 5) is 22.0. The minimum absolute atomic E-state index is 0. The number of amides is 1. The molecular formula is C20H26Cl4N4O3. The molecule has 2 aliphatic heterocycles. The van der Waals surface area contributed by atoms with Gasteiger partial charge >= 0.3 is 6.09 Å². The van der Waals surface area contributed by atoms with Crippen molar-refractivity contribution in [3.8, 4) is 5.88 Å². The van der Waals surface area contributed by atoms with E-state index in [1.165, 1.54) is 0 Å². The van der Waals surface area contributed by atoms with Crippen molar-refractivity contribution >= 4 is 54.9 Å². The number of likely N-dealkylation sites (tertiary alicyclic amines) is 1. The van der Waals surface area contributed by atoms with Gasteiger partial charge in [0.15, 0.2) is 0 Å². The van der Waals surface area contributed by atoms with E-state index in [0.29, 0.717) is 24.7 Å². The third kappa shape index (κ3) is 6.73. The Morgan fingerprint density at radius 3 is 2.42 bits per heavy atom. The number of alkyl halides is 1. The van der Waals surface area contributed by atoms with E-state index in [0.717, 1.165) is 31.5 Å². The Labute approximate surface area is 205 Å². The molecule has 1 N–H and O–H groups in total. The summed E-state index contributed by atoms with van der Waals surface area (Å²) in [5.74, 6) is 0.460. The van der Waals surface area contributed by atoms with Crippen LogP contribution in [0, 0.1) is 0 Å². The first-order valence-electron chi connectivity index (χ1n) is 9.47. The summed E-state index contributed by atoms with van der Waals surface area (Å²) in [5.41, 5.74) is 1.64. The number of ether oxygens (including phenoxy) is 2. The van der Waals surface area contributed by atoms with Gasteiger partial charge in [-0.25, -0.2) is 9.78 Å². The average Bonchev–Trinajstić information content (AvgIpc) is 2.70. The number of nitrogens with zero attached hydrogens (tertiary/aromatic N) is 3. The summed E-state index contributed by atoms with van der Waals surface area (Å²) in [6, 6.07) is 9.61. The number of carbonyl (C=O) groups excluding carboxylic acids is 1. The molecule has 0 radical (unpaired) electrons. The Bertz CT molecular complexity index is 819. The van der Waals surface area contributed by atoms with Crippen LogP contribution in [0.25, 0.3) is 0 Å². The largest absolute Gasteiger partial charge is 0.469 e. The van der Waals surface area contributed by atoms with E-state index in [9.17, 15) is 4.79 Å². The van der Waals surface area contributed by atoms with E-state index in [1.807, 2.05) is 30.3 Å². The molecule has 1 aromatic heterocycles. The minimum Gasteiger partial charge on any atom is -0.469 e. The second-order valence-electron chi connectivity index (χ2n) is 7.11. The van der Waals surface area contributed by atoms with E-state index < -0.39 is 4.87 Å². The lowest BCUT2D eigenvalue weighted by atomic mass is 9.93. The van der Waals surface area contributed by atoms with E-state index in [2.05, 4.69) is 15.3 Å². The molecule has 0 bridgehead atoms. The third-order valence-electron chi connectivity index (χ3n) is 5.07. The molecule has 4 rings (SSSR count). The zero-order chi connectivity index (χ0) is 19.4. The molecule has 0 saturated carbocycles. The lowest BCUT2D eigenvalue weighted by Crippen LogP contribution is -2.56. The van der Waals surface area contributed by atoms with Crippen LogP contribution in [0.1, 0.15) is 24.1 Å². The van der Waals surface area contributed by atoms with Crippen LogP contribution in [0.3, 0.4) is 0 Å². The molecule has 7 nitrogen and oxygen atoms in total. The number of hydrogen-bond acceptors (Lipinski definition) is 6. The van der Waals surface area contributed by atoms with Crippen LogP contribution in [-0.4, -0.2) is 53.2 Å². The van der Waals surface area contributed by atoms with Crippen molar-refractivity contribution in [1.29, 1.82) is 0 Å². The summed E-state index contributed by atoms with van der Waals surface area (Å²) in [7, 11) is 0. The lowest BCUT2D eigenvalue weighted by molar-refractivity contribution is 0.00575. The molecule has 11 heteroatoms. The van der Waals surface area contributed by atoms with Gasteiger partial charge in [0, 0.05) is 12.4 Å². The van der Waals surface area contributed by atoms with Gasteiger partial charge in [0.1, 0.15) is 18.4 Å². The Balaban J connectivity index is 0.00000160. The zero-order valence-electron chi connectivity index (χ0n) is 16.7. The summed E-state index contributed by atoms with van der Waals surface area (Å²) < 4.78 is 11.4. The van der Waals surface area contributed by atoms with Crippen LogP contribution in [0.2, 0.25) is 0 Å². The molecule has 1 amide bonds. The van der Waals surface area contributed by atoms with Crippen molar-refractivity contribution in [2.75, 3.05) is 26.2 Å². The first-order chi connectivity index (χ1) is 13.6. The predicted octanol–water partition coefficient (Wildman–Crippen LogP) is 3.96. The van der Waals surface area contributed by atoms with Crippen LogP contribution < -0.4 is 10.1 Å². The van der Waals surface area contributed by atoms with Gasteiger partial charge in [0.05, 0.1) is 18.0 Å². The molecule has 3 heterocycles. The molecule has 2 saturated heterocycles. The SMILES string of the molecule is Cl.Cl.Cl.O=C(OCc1ccccc1)N1CC(Oc2nccnc2C2(Cl)CCNCC2)C1. The zero-order valence-corrected chi connectivity index (χ0v) is 19.9. The molecule has 0 unspecified atom stereocenters. The number of benzene rings is 1. The van der Waals surface area contributed by atoms with Crippen molar-refractivity contribution in [3.05, 3.63) is 54.0 Å². The fraction of sp³-hybridized carbons (Fsp3) is 0.450. The van der Waals surface area contributed by atoms with Gasteiger partial charge in [-0.2, -0.15) is 0 Å². The number of hydrogen-bond donors (Lipinski definition) is 1. The normalized spacial score (nSPS) is 17.1. The molecule has 2 aliphatic rings. The highest BCUT2D eigenvalue weighted by Crippen LogP contribution is 2.40. The Morgan fingerprint density at radius 1 is 1.10 bits per heavy atom. The van der Waals surface area contributed by atoms with Crippen molar-refractivity contribution in [2.24, 2.45) is 0 Å². The molecule has 2 aromatic rings. The summed E-state index contributed by atoms with van der Waals surface area (Å²) in [5, 5.41) is 3.30. The summed E-state index contributed by atoms with van der Waals surface area (Å²) in [6.45, 7) is 2.85. The number of piperidine rings is 1. The minimum atomic E-state index is -0.563. The molecule has 0 spiro atoms. The fourth-order valence-electron chi connectivity index (χ4n) is 3.41. The maximum atomic E-state index is 12.2. The summed E-state index contributed by atoms with van der Waals surface area (Å²) >= 11 is 6.82. The number of carbonyl (C=O) groups is 1. The lowest BCUT2D eigenvalue weighted by Gasteiger charge is -2.38. The van der Waals surface area contributed by atoms with Crippen LogP contribution >= 0.6 is 48.8 Å². The van der Waals surface area contributed by atoms with Gasteiger partial charge < -0.3 is 19.7 Å². The van der Waals surface area contributed by atoms with Crippen LogP contribution in [-0.2, 0) is 16.2 Å². The van der Waals surface area contributed by atoms with Crippen LogP contribution in [0.4, 0.5) is 4.79 Å². The Morgan fingerprint density at radius 2 is 1.74 bits per heavy atom. The highest BCUT2D eigenvalue weighted by Gasteiger charge is 2.39. The molecule has 31 heavy (non-hydrogen) atoms. The van der Waals surface area contributed by atoms with Crippen molar-refractivity contribution in [2.45, 2.75) is 30.4 Å². The maximum Gasteiger partial charge on any atom is 0.410 e. The van der Waals surface area contributed by atoms with Gasteiger partial charge in [-0.15, -0.1) is 48.8 Å². The van der Waals surface area contributed by atoms with Gasteiger partial charge in [0.2, 0.25) is 5.88 Å². The topological polar surface area (TPSA) is 76.6 Å². The molecule has 2 fully saturated rings. The highest BCUT2D eigenvalue weighted by atomic mass is 35.5. The Hall–Kier alpha value is -1.51. The van der Waals surface area contributed by atoms with Crippen LogP contribution in [0.15, 0.2) is 42.7 Å². The maximum absolute atomic E-state index is 12.2. The molecule has 0 aliphatic carbocycles.